The lowest BCUT2D eigenvalue weighted by atomic mass is 10.0. The third-order valence-corrected chi connectivity index (χ3v) is 3.45. The number of thiophene rings is 1. The highest BCUT2D eigenvalue weighted by molar-refractivity contribution is 9.10. The summed E-state index contributed by atoms with van der Waals surface area (Å²) in [4.78, 5) is 11.3. The molecule has 3 nitrogen and oxygen atoms in total. The predicted octanol–water partition coefficient (Wildman–Crippen LogP) is 1.77. The van der Waals surface area contributed by atoms with Crippen LogP contribution >= 0.6 is 27.3 Å². The summed E-state index contributed by atoms with van der Waals surface area (Å²) in [6.45, 7) is 1.48. The van der Waals surface area contributed by atoms with Crippen LogP contribution in [0.25, 0.3) is 0 Å². The van der Waals surface area contributed by atoms with Crippen LogP contribution < -0.4 is 5.73 Å². The van der Waals surface area contributed by atoms with Gasteiger partial charge in [-0.2, -0.15) is 0 Å². The normalized spacial score (nSPS) is 15.6. The van der Waals surface area contributed by atoms with E-state index < -0.39 is 11.5 Å². The maximum atomic E-state index is 10.7. The van der Waals surface area contributed by atoms with Crippen LogP contribution in [0.15, 0.2) is 15.9 Å². The number of hydrogen-bond acceptors (Lipinski definition) is 3. The fraction of sp³-hybridized carbons (Fsp3) is 0.286. The Hall–Kier alpha value is -0.390. The summed E-state index contributed by atoms with van der Waals surface area (Å²) in [6, 6.07) is 1.72. The Morgan fingerprint density at radius 2 is 2.42 bits per heavy atom. The highest BCUT2D eigenvalue weighted by Crippen LogP contribution is 2.28. The first kappa shape index (κ1) is 9.70. The van der Waals surface area contributed by atoms with Crippen molar-refractivity contribution in [3.8, 4) is 0 Å². The van der Waals surface area contributed by atoms with Crippen LogP contribution in [0.3, 0.4) is 0 Å². The zero-order chi connectivity index (χ0) is 9.35. The van der Waals surface area contributed by atoms with Crippen LogP contribution in [0.4, 0.5) is 0 Å². The molecular weight excluding hydrogens is 242 g/mol. The fourth-order valence-electron chi connectivity index (χ4n) is 0.691. The van der Waals surface area contributed by atoms with Crippen molar-refractivity contribution < 1.29 is 9.90 Å². The average molecular weight is 250 g/mol. The first-order valence-corrected chi connectivity index (χ1v) is 4.88. The van der Waals surface area contributed by atoms with Gasteiger partial charge in [0.15, 0.2) is 0 Å². The topological polar surface area (TPSA) is 63.3 Å². The largest absolute Gasteiger partial charge is 0.480 e. The highest BCUT2D eigenvalue weighted by Gasteiger charge is 2.31. The number of hydrogen-bond donors (Lipinski definition) is 2. The second-order valence-electron chi connectivity index (χ2n) is 2.64. The van der Waals surface area contributed by atoms with Gasteiger partial charge >= 0.3 is 5.97 Å². The van der Waals surface area contributed by atoms with Gasteiger partial charge in [0.2, 0.25) is 0 Å². The maximum Gasteiger partial charge on any atom is 0.328 e. The Morgan fingerprint density at radius 3 is 2.75 bits per heavy atom. The van der Waals surface area contributed by atoms with Crippen LogP contribution in [0.5, 0.6) is 0 Å². The van der Waals surface area contributed by atoms with Crippen molar-refractivity contribution in [1.29, 1.82) is 0 Å². The summed E-state index contributed by atoms with van der Waals surface area (Å²) in [7, 11) is 0. The molecule has 0 aliphatic rings. The molecule has 1 aromatic heterocycles. The van der Waals surface area contributed by atoms with E-state index in [1.54, 1.807) is 6.07 Å². The van der Waals surface area contributed by atoms with Gasteiger partial charge in [0.25, 0.3) is 0 Å². The van der Waals surface area contributed by atoms with Crippen LogP contribution in [-0.2, 0) is 10.3 Å². The van der Waals surface area contributed by atoms with Gasteiger partial charge in [-0.1, -0.05) is 0 Å². The lowest BCUT2D eigenvalue weighted by molar-refractivity contribution is -0.142. The highest BCUT2D eigenvalue weighted by atomic mass is 79.9. The van der Waals surface area contributed by atoms with Crippen molar-refractivity contribution >= 4 is 33.2 Å². The first-order valence-electron chi connectivity index (χ1n) is 3.21. The Labute approximate surface area is 82.3 Å². The molecule has 5 heteroatoms. The smallest absolute Gasteiger partial charge is 0.328 e. The second-order valence-corrected chi connectivity index (χ2v) is 4.46. The van der Waals surface area contributed by atoms with E-state index in [1.807, 2.05) is 5.38 Å². The van der Waals surface area contributed by atoms with Crippen molar-refractivity contribution in [3.63, 3.8) is 0 Å². The molecule has 1 aromatic rings. The molecule has 1 heterocycles. The van der Waals surface area contributed by atoms with Crippen LogP contribution in [0.2, 0.25) is 0 Å². The van der Waals surface area contributed by atoms with Gasteiger partial charge in [0.05, 0.1) is 0 Å². The lowest BCUT2D eigenvalue weighted by Crippen LogP contribution is -2.40. The summed E-state index contributed by atoms with van der Waals surface area (Å²) in [5, 5.41) is 10.6. The van der Waals surface area contributed by atoms with E-state index >= 15 is 0 Å². The molecular formula is C7H8BrNO2S. The molecule has 0 saturated carbocycles. The molecule has 0 amide bonds. The third kappa shape index (κ3) is 1.68. The van der Waals surface area contributed by atoms with Crippen LogP contribution in [-0.4, -0.2) is 11.1 Å². The second kappa shape index (κ2) is 3.16. The van der Waals surface area contributed by atoms with E-state index in [0.29, 0.717) is 4.88 Å². The van der Waals surface area contributed by atoms with Gasteiger partial charge in [-0.25, -0.2) is 4.79 Å². The minimum atomic E-state index is -1.28. The van der Waals surface area contributed by atoms with Gasteiger partial charge in [0.1, 0.15) is 5.54 Å². The summed E-state index contributed by atoms with van der Waals surface area (Å²) in [5.41, 5.74) is 4.30. The Kier molecular flexibility index (Phi) is 2.55. The molecule has 0 spiro atoms. The van der Waals surface area contributed by atoms with E-state index in [9.17, 15) is 4.79 Å². The van der Waals surface area contributed by atoms with Crippen molar-refractivity contribution in [2.45, 2.75) is 12.5 Å². The van der Waals surface area contributed by atoms with Crippen LogP contribution in [0.1, 0.15) is 11.8 Å². The van der Waals surface area contributed by atoms with Crippen molar-refractivity contribution in [3.05, 3.63) is 20.8 Å². The molecule has 1 atom stereocenters. The maximum absolute atomic E-state index is 10.7. The molecule has 0 fully saturated rings. The first-order chi connectivity index (χ1) is 5.44. The Morgan fingerprint density at radius 1 is 1.83 bits per heavy atom. The standard InChI is InChI=1S/C7H8BrNO2S/c1-7(9,6(10)11)5-2-4(8)3-12-5/h2-3H,9H2,1H3,(H,10,11). The van der Waals surface area contributed by atoms with Gasteiger partial charge in [0, 0.05) is 14.7 Å². The average Bonchev–Trinajstić information content (AvgIpc) is 2.35. The summed E-state index contributed by atoms with van der Waals surface area (Å²) in [5.74, 6) is -1.02. The number of carbonyl (C=O) groups is 1. The number of carboxylic acid groups (broad SMARTS) is 1. The number of aliphatic carboxylic acids is 1. The quantitative estimate of drug-likeness (QED) is 0.840. The van der Waals surface area contributed by atoms with Gasteiger partial charge < -0.3 is 10.8 Å². The minimum absolute atomic E-state index is 0.641. The zero-order valence-corrected chi connectivity index (χ0v) is 8.78. The molecule has 0 aliphatic heterocycles. The molecule has 0 saturated heterocycles. The fourth-order valence-corrected chi connectivity index (χ4v) is 2.19. The molecule has 12 heavy (non-hydrogen) atoms. The van der Waals surface area contributed by atoms with E-state index in [2.05, 4.69) is 15.9 Å². The van der Waals surface area contributed by atoms with E-state index in [0.717, 1.165) is 4.47 Å². The molecule has 0 aromatic carbocycles. The predicted molar refractivity (Wildman–Crippen MR) is 51.2 cm³/mol. The minimum Gasteiger partial charge on any atom is -0.480 e. The molecule has 1 unspecified atom stereocenters. The third-order valence-electron chi connectivity index (χ3n) is 1.52. The van der Waals surface area contributed by atoms with Crippen molar-refractivity contribution in [2.24, 2.45) is 5.73 Å². The van der Waals surface area contributed by atoms with Gasteiger partial charge in [-0.15, -0.1) is 11.3 Å². The summed E-state index contributed by atoms with van der Waals surface area (Å²) >= 11 is 4.57. The van der Waals surface area contributed by atoms with Crippen molar-refractivity contribution in [2.75, 3.05) is 0 Å². The molecule has 0 aliphatic carbocycles. The number of nitrogens with two attached hydrogens (primary N) is 1. The summed E-state index contributed by atoms with van der Waals surface area (Å²) < 4.78 is 0.862. The number of halogens is 1. The molecule has 0 bridgehead atoms. The van der Waals surface area contributed by atoms with Crippen molar-refractivity contribution in [1.82, 2.24) is 0 Å². The number of rotatable bonds is 2. The monoisotopic (exact) mass is 249 g/mol. The molecule has 0 radical (unpaired) electrons. The van der Waals surface area contributed by atoms with E-state index in [4.69, 9.17) is 10.8 Å². The van der Waals surface area contributed by atoms with Gasteiger partial charge in [-0.3, -0.25) is 0 Å². The lowest BCUT2D eigenvalue weighted by Gasteiger charge is -2.16. The molecule has 66 valence electrons. The van der Waals surface area contributed by atoms with E-state index in [-0.39, 0.29) is 0 Å². The molecule has 3 N–H and O–H groups in total. The Bertz CT molecular complexity index is 308. The van der Waals surface area contributed by atoms with Gasteiger partial charge in [-0.05, 0) is 28.9 Å². The Balaban J connectivity index is 3.05. The van der Waals surface area contributed by atoms with Crippen LogP contribution in [0, 0.1) is 0 Å². The SMILES string of the molecule is CC(N)(C(=O)O)c1cc(Br)cs1. The molecule has 1 rings (SSSR count). The van der Waals surface area contributed by atoms with E-state index in [1.165, 1.54) is 18.3 Å². The summed E-state index contributed by atoms with van der Waals surface area (Å²) in [6.07, 6.45) is 0. The number of carboxylic acids is 1. The zero-order valence-electron chi connectivity index (χ0n) is 6.37.